The Kier molecular flexibility index (Phi) is 6.43. The molecule has 0 aromatic heterocycles. The maximum atomic E-state index is 15.2. The van der Waals surface area contributed by atoms with Gasteiger partial charge in [-0.05, 0) is 61.4 Å². The lowest BCUT2D eigenvalue weighted by atomic mass is 9.63. The Morgan fingerprint density at radius 1 is 0.841 bits per heavy atom. The van der Waals surface area contributed by atoms with E-state index in [1.807, 2.05) is 73.3 Å². The quantitative estimate of drug-likeness (QED) is 0.270. The number of benzene rings is 4. The van der Waals surface area contributed by atoms with Gasteiger partial charge in [0.2, 0.25) is 5.91 Å². The number of ketones is 2. The van der Waals surface area contributed by atoms with Crippen molar-refractivity contribution in [2.45, 2.75) is 31.3 Å². The molecule has 4 atom stereocenters. The van der Waals surface area contributed by atoms with Crippen molar-refractivity contribution in [2.75, 3.05) is 24.4 Å². The van der Waals surface area contributed by atoms with Crippen LogP contribution in [0, 0.1) is 12.8 Å². The first-order valence-corrected chi connectivity index (χ1v) is 14.7. The highest BCUT2D eigenvalue weighted by Gasteiger charge is 2.70. The molecule has 1 fully saturated rings. The monoisotopic (exact) mass is 584 g/mol. The molecule has 7 heteroatoms. The molecule has 0 aliphatic carbocycles. The molecule has 1 N–H and O–H groups in total. The summed E-state index contributed by atoms with van der Waals surface area (Å²) < 4.78 is 11.2. The third-order valence-corrected chi connectivity index (χ3v) is 9.41. The van der Waals surface area contributed by atoms with Gasteiger partial charge in [0.15, 0.2) is 11.6 Å². The van der Waals surface area contributed by atoms with Crippen molar-refractivity contribution in [3.8, 4) is 11.5 Å². The Balaban J connectivity index is 1.57. The number of fused-ring (bicyclic) bond motifs is 6. The minimum Gasteiger partial charge on any atom is -0.497 e. The van der Waals surface area contributed by atoms with E-state index in [-0.39, 0.29) is 23.0 Å². The van der Waals surface area contributed by atoms with Gasteiger partial charge < -0.3 is 19.7 Å². The van der Waals surface area contributed by atoms with E-state index in [1.54, 1.807) is 30.3 Å². The molecule has 7 nitrogen and oxygen atoms in total. The third kappa shape index (κ3) is 3.78. The standard InChI is InChI=1S/C37H32N2O5/c1-21-14-16-29-25(18-21)22(2)19-31-37(27-12-8-9-13-28(27)38-36(37)42)32(33(39(29)31)34(40)23-10-6-5-7-11-23)35(41)26-20-24(43-3)15-17-30(26)44-4/h5-20,31-33H,1-4H3,(H,38,42)/t31-,32-,33+,37+/m0/s1. The number of para-hydroxylation sites is 1. The third-order valence-electron chi connectivity index (χ3n) is 9.41. The van der Waals surface area contributed by atoms with Crippen molar-refractivity contribution < 1.29 is 23.9 Å². The molecular weight excluding hydrogens is 552 g/mol. The second-order valence-electron chi connectivity index (χ2n) is 11.7. The van der Waals surface area contributed by atoms with E-state index in [0.717, 1.165) is 22.4 Å². The Morgan fingerprint density at radius 3 is 2.34 bits per heavy atom. The number of nitrogens with one attached hydrogen (secondary N) is 1. The summed E-state index contributed by atoms with van der Waals surface area (Å²) in [4.78, 5) is 46.7. The SMILES string of the molecule is COc1ccc(OC)c(C(=O)[C@@H]2[C@H](C(=O)c3ccccc3)N3c4ccc(C)cc4C(C)=C[C@H]3[C@@]23C(=O)Nc2ccccc23)c1. The second-order valence-corrected chi connectivity index (χ2v) is 11.7. The number of hydrogen-bond acceptors (Lipinski definition) is 6. The Morgan fingerprint density at radius 2 is 1.59 bits per heavy atom. The molecule has 4 aromatic rings. The van der Waals surface area contributed by atoms with E-state index in [2.05, 4.69) is 17.5 Å². The molecule has 1 saturated heterocycles. The first-order chi connectivity index (χ1) is 21.3. The highest BCUT2D eigenvalue weighted by molar-refractivity contribution is 6.19. The van der Waals surface area contributed by atoms with Gasteiger partial charge in [0.25, 0.3) is 0 Å². The van der Waals surface area contributed by atoms with Gasteiger partial charge in [-0.3, -0.25) is 14.4 Å². The first kappa shape index (κ1) is 27.7. The zero-order chi connectivity index (χ0) is 30.7. The van der Waals surface area contributed by atoms with E-state index in [9.17, 15) is 9.59 Å². The minimum atomic E-state index is -1.42. The van der Waals surface area contributed by atoms with Gasteiger partial charge >= 0.3 is 0 Å². The van der Waals surface area contributed by atoms with Crippen LogP contribution in [0.15, 0.2) is 97.1 Å². The zero-order valence-corrected chi connectivity index (χ0v) is 25.0. The number of amides is 1. The number of anilines is 2. The van der Waals surface area contributed by atoms with Crippen LogP contribution in [0.5, 0.6) is 11.5 Å². The van der Waals surface area contributed by atoms with Gasteiger partial charge in [0, 0.05) is 22.5 Å². The van der Waals surface area contributed by atoms with Crippen LogP contribution in [0.2, 0.25) is 0 Å². The summed E-state index contributed by atoms with van der Waals surface area (Å²) in [5.41, 5.74) is 4.50. The number of Topliss-reactive ketones (excluding diaryl/α,β-unsaturated/α-hetero) is 2. The Hall–Kier alpha value is -5.17. The van der Waals surface area contributed by atoms with Crippen molar-refractivity contribution in [1.29, 1.82) is 0 Å². The van der Waals surface area contributed by atoms with E-state index in [1.165, 1.54) is 14.2 Å². The van der Waals surface area contributed by atoms with Crippen LogP contribution in [0.4, 0.5) is 11.4 Å². The fraction of sp³-hybridized carbons (Fsp3) is 0.216. The fourth-order valence-corrected chi connectivity index (χ4v) is 7.49. The van der Waals surface area contributed by atoms with Crippen molar-refractivity contribution >= 4 is 34.4 Å². The summed E-state index contributed by atoms with van der Waals surface area (Å²) in [5.74, 6) is -1.20. The lowest BCUT2D eigenvalue weighted by molar-refractivity contribution is -0.121. The van der Waals surface area contributed by atoms with Crippen LogP contribution in [0.3, 0.4) is 0 Å². The molecule has 0 unspecified atom stereocenters. The van der Waals surface area contributed by atoms with Gasteiger partial charge in [-0.25, -0.2) is 0 Å². The predicted molar refractivity (Wildman–Crippen MR) is 170 cm³/mol. The molecule has 1 spiro atoms. The molecule has 4 aromatic carbocycles. The number of nitrogens with zero attached hydrogens (tertiary/aromatic N) is 1. The molecule has 3 aliphatic rings. The van der Waals surface area contributed by atoms with Gasteiger partial charge in [-0.15, -0.1) is 0 Å². The summed E-state index contributed by atoms with van der Waals surface area (Å²) in [6.07, 6.45) is 2.06. The summed E-state index contributed by atoms with van der Waals surface area (Å²) in [7, 11) is 3.03. The predicted octanol–water partition coefficient (Wildman–Crippen LogP) is 6.26. The molecule has 3 heterocycles. The summed E-state index contributed by atoms with van der Waals surface area (Å²) in [5, 5.41) is 3.08. The lowest BCUT2D eigenvalue weighted by Gasteiger charge is -2.39. The maximum absolute atomic E-state index is 15.2. The number of aryl methyl sites for hydroxylation is 1. The molecular formula is C37H32N2O5. The Bertz CT molecular complexity index is 1880. The molecule has 7 rings (SSSR count). The minimum absolute atomic E-state index is 0.232. The highest BCUT2D eigenvalue weighted by atomic mass is 16.5. The fourth-order valence-electron chi connectivity index (χ4n) is 7.49. The van der Waals surface area contributed by atoms with E-state index >= 15 is 4.79 Å². The lowest BCUT2D eigenvalue weighted by Crippen LogP contribution is -2.51. The van der Waals surface area contributed by atoms with Crippen LogP contribution in [0.25, 0.3) is 5.57 Å². The molecule has 44 heavy (non-hydrogen) atoms. The summed E-state index contributed by atoms with van der Waals surface area (Å²) >= 11 is 0. The number of carbonyl (C=O) groups excluding carboxylic acids is 3. The topological polar surface area (TPSA) is 84.9 Å². The molecule has 0 bridgehead atoms. The van der Waals surface area contributed by atoms with E-state index < -0.39 is 23.4 Å². The van der Waals surface area contributed by atoms with Gasteiger partial charge in [-0.1, -0.05) is 66.2 Å². The van der Waals surface area contributed by atoms with E-state index in [0.29, 0.717) is 28.3 Å². The normalized spacial score (nSPS) is 22.9. The van der Waals surface area contributed by atoms with Crippen LogP contribution < -0.4 is 19.7 Å². The number of rotatable bonds is 6. The van der Waals surface area contributed by atoms with Crippen molar-refractivity contribution in [3.05, 3.63) is 125 Å². The van der Waals surface area contributed by atoms with Crippen LogP contribution in [-0.4, -0.2) is 43.8 Å². The molecule has 220 valence electrons. The first-order valence-electron chi connectivity index (χ1n) is 14.7. The smallest absolute Gasteiger partial charge is 0.238 e. The molecule has 1 amide bonds. The van der Waals surface area contributed by atoms with Gasteiger partial charge in [-0.2, -0.15) is 0 Å². The summed E-state index contributed by atoms with van der Waals surface area (Å²) in [6, 6.07) is 26.0. The van der Waals surface area contributed by atoms with E-state index in [4.69, 9.17) is 9.47 Å². The van der Waals surface area contributed by atoms with Gasteiger partial charge in [0.1, 0.15) is 23.0 Å². The number of carbonyl (C=O) groups is 3. The highest BCUT2D eigenvalue weighted by Crippen LogP contribution is 2.59. The molecule has 0 radical (unpaired) electrons. The molecule has 0 saturated carbocycles. The van der Waals surface area contributed by atoms with Crippen LogP contribution >= 0.6 is 0 Å². The number of allylic oxidation sites excluding steroid dienone is 1. The maximum Gasteiger partial charge on any atom is 0.238 e. The number of methoxy groups -OCH3 is 2. The van der Waals surface area contributed by atoms with Crippen molar-refractivity contribution in [1.82, 2.24) is 0 Å². The second kappa shape index (κ2) is 10.2. The average Bonchev–Trinajstić information content (AvgIpc) is 3.52. The van der Waals surface area contributed by atoms with Crippen LogP contribution in [0.1, 0.15) is 44.3 Å². The Labute approximate surface area is 256 Å². The van der Waals surface area contributed by atoms with Crippen molar-refractivity contribution in [3.63, 3.8) is 0 Å². The summed E-state index contributed by atoms with van der Waals surface area (Å²) in [6.45, 7) is 4.05. The van der Waals surface area contributed by atoms with Gasteiger partial charge in [0.05, 0.1) is 31.7 Å². The molecule has 3 aliphatic heterocycles. The number of ether oxygens (including phenoxy) is 2. The van der Waals surface area contributed by atoms with Crippen LogP contribution in [-0.2, 0) is 10.2 Å². The number of hydrogen-bond donors (Lipinski definition) is 1. The van der Waals surface area contributed by atoms with Crippen molar-refractivity contribution in [2.24, 2.45) is 5.92 Å². The zero-order valence-electron chi connectivity index (χ0n) is 25.0. The largest absolute Gasteiger partial charge is 0.497 e. The average molecular weight is 585 g/mol.